The first-order chi connectivity index (χ1) is 14.0. The van der Waals surface area contributed by atoms with Gasteiger partial charge in [-0.3, -0.25) is 0 Å². The van der Waals surface area contributed by atoms with Crippen molar-refractivity contribution in [3.05, 3.63) is 15.6 Å². The van der Waals surface area contributed by atoms with E-state index in [1.807, 2.05) is 13.8 Å². The molecular weight excluding hydrogens is 513 g/mol. The molecule has 2 aromatic rings. The molecule has 0 bridgehead atoms. The molecule has 1 amide bonds. The first kappa shape index (κ1) is 23.3. The Morgan fingerprint density at radius 2 is 1.97 bits per heavy atom. The van der Waals surface area contributed by atoms with Gasteiger partial charge in [-0.2, -0.15) is 0 Å². The first-order valence-electron chi connectivity index (χ1n) is 10.3. The van der Waals surface area contributed by atoms with Crippen molar-refractivity contribution in [1.29, 1.82) is 0 Å². The maximum Gasteiger partial charge on any atom is 0.407 e. The maximum absolute atomic E-state index is 11.5. The van der Waals surface area contributed by atoms with Gasteiger partial charge in [-0.1, -0.05) is 19.6 Å². The standard InChI is InChI=1S/C20H32IN5O3Si/c1-13-10-25(20(27)28)14(2)9-24(13)18-16-17(21)15(3)26(19(16)23-11-22-18)12-29-7-8-30(4,5)6/h11,13-14H,7-10,12H2,1-6H3,(H,27,28)/t13?,14-/m0/s1. The minimum atomic E-state index is -1.13. The second kappa shape index (κ2) is 8.99. The van der Waals surface area contributed by atoms with Gasteiger partial charge >= 0.3 is 6.09 Å². The molecule has 166 valence electrons. The monoisotopic (exact) mass is 545 g/mol. The van der Waals surface area contributed by atoms with E-state index < -0.39 is 14.2 Å². The second-order valence-electron chi connectivity index (χ2n) is 9.36. The summed E-state index contributed by atoms with van der Waals surface area (Å²) in [4.78, 5) is 24.4. The van der Waals surface area contributed by atoms with Crippen molar-refractivity contribution in [2.75, 3.05) is 24.6 Å². The molecule has 3 heterocycles. The van der Waals surface area contributed by atoms with Gasteiger partial charge in [0.1, 0.15) is 24.5 Å². The zero-order chi connectivity index (χ0) is 22.2. The fourth-order valence-corrected chi connectivity index (χ4v) is 5.35. The van der Waals surface area contributed by atoms with Crippen LogP contribution in [0.25, 0.3) is 11.0 Å². The lowest BCUT2D eigenvalue weighted by molar-refractivity contribution is 0.0885. The smallest absolute Gasteiger partial charge is 0.407 e. The van der Waals surface area contributed by atoms with Crippen LogP contribution in [-0.4, -0.2) is 70.5 Å². The molecule has 0 aliphatic carbocycles. The third-order valence-electron chi connectivity index (χ3n) is 5.73. The van der Waals surface area contributed by atoms with Crippen LogP contribution in [0, 0.1) is 10.5 Å². The summed E-state index contributed by atoms with van der Waals surface area (Å²) in [7, 11) is -1.13. The third-order valence-corrected chi connectivity index (χ3v) is 8.75. The summed E-state index contributed by atoms with van der Waals surface area (Å²) < 4.78 is 9.25. The predicted molar refractivity (Wildman–Crippen MR) is 130 cm³/mol. The number of aromatic nitrogens is 3. The van der Waals surface area contributed by atoms with E-state index in [2.05, 4.69) is 68.6 Å². The van der Waals surface area contributed by atoms with Crippen molar-refractivity contribution >= 4 is 53.6 Å². The van der Waals surface area contributed by atoms with Crippen molar-refractivity contribution in [2.24, 2.45) is 0 Å². The molecule has 2 atom stereocenters. The fraction of sp³-hybridized carbons (Fsp3) is 0.650. The SMILES string of the molecule is Cc1c(I)c2c(N3C[C@H](C)N(C(=O)O)CC3C)ncnc2n1COCC[Si](C)(C)C. The Hall–Kier alpha value is -1.40. The zero-order valence-corrected chi connectivity index (χ0v) is 21.8. The average Bonchev–Trinajstić information content (AvgIpc) is 2.90. The molecular formula is C20H32IN5O3Si. The van der Waals surface area contributed by atoms with Crippen LogP contribution in [-0.2, 0) is 11.5 Å². The molecule has 30 heavy (non-hydrogen) atoms. The van der Waals surface area contributed by atoms with E-state index in [1.165, 1.54) is 4.90 Å². The molecule has 1 fully saturated rings. The lowest BCUT2D eigenvalue weighted by atomic mass is 10.1. The van der Waals surface area contributed by atoms with Gasteiger partial charge in [-0.15, -0.1) is 0 Å². The summed E-state index contributed by atoms with van der Waals surface area (Å²) in [6.45, 7) is 15.4. The Kier molecular flexibility index (Phi) is 6.97. The van der Waals surface area contributed by atoms with Crippen LogP contribution in [0.1, 0.15) is 19.5 Å². The molecule has 8 nitrogen and oxygen atoms in total. The molecule has 0 saturated carbocycles. The largest absolute Gasteiger partial charge is 0.465 e. The minimum absolute atomic E-state index is 0.0304. The molecule has 3 rings (SSSR count). The van der Waals surface area contributed by atoms with Gasteiger partial charge in [-0.25, -0.2) is 14.8 Å². The van der Waals surface area contributed by atoms with E-state index in [9.17, 15) is 9.90 Å². The molecule has 2 aromatic heterocycles. The molecule has 1 N–H and O–H groups in total. The highest BCUT2D eigenvalue weighted by molar-refractivity contribution is 14.1. The Labute approximate surface area is 192 Å². The number of nitrogens with zero attached hydrogens (tertiary/aromatic N) is 5. The Balaban J connectivity index is 1.90. The highest BCUT2D eigenvalue weighted by atomic mass is 127. The topological polar surface area (TPSA) is 83.7 Å². The number of rotatable bonds is 6. The second-order valence-corrected chi connectivity index (χ2v) is 16.1. The number of carboxylic acid groups (broad SMARTS) is 1. The predicted octanol–water partition coefficient (Wildman–Crippen LogP) is 4.23. The molecule has 10 heteroatoms. The number of piperazine rings is 1. The van der Waals surface area contributed by atoms with Crippen molar-refractivity contribution in [1.82, 2.24) is 19.4 Å². The summed E-state index contributed by atoms with van der Waals surface area (Å²) in [5.41, 5.74) is 1.99. The van der Waals surface area contributed by atoms with E-state index in [4.69, 9.17) is 4.74 Å². The van der Waals surface area contributed by atoms with E-state index in [0.717, 1.165) is 38.8 Å². The number of halogens is 1. The van der Waals surface area contributed by atoms with Crippen molar-refractivity contribution in [2.45, 2.75) is 65.3 Å². The molecule has 1 aliphatic rings. The number of ether oxygens (including phenoxy) is 1. The van der Waals surface area contributed by atoms with Gasteiger partial charge in [0.25, 0.3) is 0 Å². The number of anilines is 1. The highest BCUT2D eigenvalue weighted by Crippen LogP contribution is 2.34. The molecule has 1 unspecified atom stereocenters. The lowest BCUT2D eigenvalue weighted by Crippen LogP contribution is -2.58. The van der Waals surface area contributed by atoms with Gasteiger partial charge in [-0.05, 0) is 49.4 Å². The van der Waals surface area contributed by atoms with Crippen molar-refractivity contribution in [3.63, 3.8) is 0 Å². The van der Waals surface area contributed by atoms with E-state index in [0.29, 0.717) is 19.8 Å². The quantitative estimate of drug-likeness (QED) is 0.332. The maximum atomic E-state index is 11.5. The number of fused-ring (bicyclic) bond motifs is 1. The van der Waals surface area contributed by atoms with Gasteiger partial charge in [0.05, 0.1) is 5.39 Å². The van der Waals surface area contributed by atoms with Crippen LogP contribution >= 0.6 is 22.6 Å². The van der Waals surface area contributed by atoms with E-state index >= 15 is 0 Å². The summed E-state index contributed by atoms with van der Waals surface area (Å²) in [5.74, 6) is 0.873. The van der Waals surface area contributed by atoms with Gasteiger partial charge in [0.2, 0.25) is 0 Å². The van der Waals surface area contributed by atoms with Crippen LogP contribution in [0.3, 0.4) is 0 Å². The summed E-state index contributed by atoms with van der Waals surface area (Å²) in [6, 6.07) is 1.06. The number of hydrogen-bond donors (Lipinski definition) is 1. The average molecular weight is 545 g/mol. The van der Waals surface area contributed by atoms with Gasteiger partial charge < -0.3 is 24.2 Å². The molecule has 0 radical (unpaired) electrons. The van der Waals surface area contributed by atoms with E-state index in [-0.39, 0.29) is 12.1 Å². The van der Waals surface area contributed by atoms with Crippen LogP contribution in [0.4, 0.5) is 10.6 Å². The number of amides is 1. The lowest BCUT2D eigenvalue weighted by Gasteiger charge is -2.43. The van der Waals surface area contributed by atoms with Gasteiger partial charge in [0.15, 0.2) is 0 Å². The van der Waals surface area contributed by atoms with Crippen LogP contribution in [0.15, 0.2) is 6.33 Å². The minimum Gasteiger partial charge on any atom is -0.465 e. The molecule has 0 aromatic carbocycles. The van der Waals surface area contributed by atoms with Crippen molar-refractivity contribution in [3.8, 4) is 0 Å². The van der Waals surface area contributed by atoms with Crippen molar-refractivity contribution < 1.29 is 14.6 Å². The fourth-order valence-electron chi connectivity index (χ4n) is 3.82. The van der Waals surface area contributed by atoms with Crippen LogP contribution in [0.5, 0.6) is 0 Å². The van der Waals surface area contributed by atoms with Crippen LogP contribution in [0.2, 0.25) is 25.7 Å². The Morgan fingerprint density at radius 3 is 2.60 bits per heavy atom. The normalized spacial score (nSPS) is 20.2. The molecule has 0 spiro atoms. The summed E-state index contributed by atoms with van der Waals surface area (Å²) in [6.07, 6.45) is 0.737. The highest BCUT2D eigenvalue weighted by Gasteiger charge is 2.34. The Morgan fingerprint density at radius 1 is 1.27 bits per heavy atom. The van der Waals surface area contributed by atoms with Crippen LogP contribution < -0.4 is 4.90 Å². The molecule has 1 aliphatic heterocycles. The number of carbonyl (C=O) groups is 1. The third kappa shape index (κ3) is 4.75. The first-order valence-corrected chi connectivity index (χ1v) is 15.1. The van der Waals surface area contributed by atoms with E-state index in [1.54, 1.807) is 6.33 Å². The zero-order valence-electron chi connectivity index (χ0n) is 18.6. The molecule has 1 saturated heterocycles. The summed E-state index contributed by atoms with van der Waals surface area (Å²) >= 11 is 2.37. The van der Waals surface area contributed by atoms with Gasteiger partial charge in [0, 0.05) is 49.1 Å². The Bertz CT molecular complexity index is 929. The summed E-state index contributed by atoms with van der Waals surface area (Å²) in [5, 5.41) is 10.5. The number of hydrogen-bond acceptors (Lipinski definition) is 5.